The molecule has 0 saturated carbocycles. The van der Waals surface area contributed by atoms with E-state index >= 15 is 0 Å². The van der Waals surface area contributed by atoms with Gasteiger partial charge >= 0.3 is 6.21 Å². The lowest BCUT2D eigenvalue weighted by molar-refractivity contribution is -0.120. The Bertz CT molecular complexity index is 589. The molecule has 0 aliphatic rings. The molecule has 2 rings (SSSR count). The molecule has 0 aliphatic heterocycles. The monoisotopic (exact) mass is 264 g/mol. The minimum Gasteiger partial charge on any atom is -0.361 e. The van der Waals surface area contributed by atoms with Gasteiger partial charge in [-0.15, -0.1) is 0 Å². The van der Waals surface area contributed by atoms with Crippen molar-refractivity contribution in [3.05, 3.63) is 77.3 Å². The van der Waals surface area contributed by atoms with Crippen molar-refractivity contribution in [1.29, 1.82) is 0 Å². The van der Waals surface area contributed by atoms with Crippen molar-refractivity contribution in [2.75, 3.05) is 0 Å². The van der Waals surface area contributed by atoms with Gasteiger partial charge in [-0.2, -0.15) is 4.79 Å². The van der Waals surface area contributed by atoms with Crippen LogP contribution in [0.5, 0.6) is 0 Å². The van der Waals surface area contributed by atoms with Crippen molar-refractivity contribution >= 4 is 12.0 Å². The van der Waals surface area contributed by atoms with Crippen LogP contribution >= 0.6 is 0 Å². The minimum atomic E-state index is -0.811. The van der Waals surface area contributed by atoms with Crippen LogP contribution in [-0.4, -0.2) is 16.8 Å². The fraction of sp³-hybridized carbons (Fsp3) is 0.176. The summed E-state index contributed by atoms with van der Waals surface area (Å²) in [5.41, 5.74) is 9.73. The predicted molar refractivity (Wildman–Crippen MR) is 78.6 cm³/mol. The third-order valence-electron chi connectivity index (χ3n) is 3.66. The molecule has 0 amide bonds. The lowest BCUT2D eigenvalue weighted by atomic mass is 9.69. The smallest absolute Gasteiger partial charge is 0.324 e. The van der Waals surface area contributed by atoms with Crippen molar-refractivity contribution < 1.29 is 9.58 Å². The molecule has 0 unspecified atom stereocenters. The lowest BCUT2D eigenvalue weighted by Crippen LogP contribution is -2.37. The third-order valence-corrected chi connectivity index (χ3v) is 3.66. The van der Waals surface area contributed by atoms with Crippen LogP contribution in [-0.2, 0) is 10.2 Å². The summed E-state index contributed by atoms with van der Waals surface area (Å²) in [4.78, 5) is 15.5. The van der Waals surface area contributed by atoms with Crippen LogP contribution in [0.25, 0.3) is 5.53 Å². The standard InChI is InChI=1S/C17H16N2O/c1-2-17(16(20)13-19-18,14-9-5-3-6-10-14)15-11-7-4-8-12-15/h3-13H,2H2,1H3. The van der Waals surface area contributed by atoms with E-state index in [9.17, 15) is 4.79 Å². The van der Waals surface area contributed by atoms with Crippen LogP contribution in [0.1, 0.15) is 24.5 Å². The van der Waals surface area contributed by atoms with Crippen molar-refractivity contribution in [3.8, 4) is 0 Å². The lowest BCUT2D eigenvalue weighted by Gasteiger charge is -2.29. The fourth-order valence-corrected chi connectivity index (χ4v) is 2.64. The van der Waals surface area contributed by atoms with Gasteiger partial charge in [-0.3, -0.25) is 4.79 Å². The first-order valence-corrected chi connectivity index (χ1v) is 6.58. The van der Waals surface area contributed by atoms with E-state index in [1.165, 1.54) is 0 Å². The maximum absolute atomic E-state index is 12.6. The van der Waals surface area contributed by atoms with Crippen molar-refractivity contribution in [2.24, 2.45) is 0 Å². The second-order valence-corrected chi connectivity index (χ2v) is 4.60. The topological polar surface area (TPSA) is 53.5 Å². The Balaban J connectivity index is 2.71. The molecule has 0 spiro atoms. The first-order valence-electron chi connectivity index (χ1n) is 6.58. The minimum absolute atomic E-state index is 0.222. The molecule has 3 nitrogen and oxygen atoms in total. The molecule has 0 N–H and O–H groups in total. The Morgan fingerprint density at radius 1 is 1.05 bits per heavy atom. The Morgan fingerprint density at radius 3 is 1.85 bits per heavy atom. The molecule has 3 heteroatoms. The highest BCUT2D eigenvalue weighted by Crippen LogP contribution is 2.36. The molecular weight excluding hydrogens is 248 g/mol. The number of hydrogen-bond donors (Lipinski definition) is 0. The molecule has 0 atom stereocenters. The average molecular weight is 264 g/mol. The van der Waals surface area contributed by atoms with Gasteiger partial charge < -0.3 is 5.53 Å². The summed E-state index contributed by atoms with van der Waals surface area (Å²) in [5, 5.41) is 0. The summed E-state index contributed by atoms with van der Waals surface area (Å²) in [6, 6.07) is 19.2. The highest BCUT2D eigenvalue weighted by Gasteiger charge is 2.41. The van der Waals surface area contributed by atoms with Gasteiger partial charge in [0.25, 0.3) is 5.78 Å². The van der Waals surface area contributed by atoms with E-state index in [1.54, 1.807) is 0 Å². The number of ketones is 1. The van der Waals surface area contributed by atoms with Crippen LogP contribution in [0, 0.1) is 0 Å². The van der Waals surface area contributed by atoms with Gasteiger partial charge in [0.1, 0.15) is 0 Å². The number of nitrogens with zero attached hydrogens (tertiary/aromatic N) is 2. The molecule has 2 aromatic rings. The summed E-state index contributed by atoms with van der Waals surface area (Å²) in [6.07, 6.45) is 1.58. The Labute approximate surface area is 118 Å². The zero-order valence-corrected chi connectivity index (χ0v) is 11.4. The molecular formula is C17H16N2O. The Hall–Kier alpha value is -2.51. The molecule has 0 radical (unpaired) electrons. The van der Waals surface area contributed by atoms with Gasteiger partial charge in [0, 0.05) is 0 Å². The summed E-state index contributed by atoms with van der Waals surface area (Å²) in [5.74, 6) is -0.222. The van der Waals surface area contributed by atoms with Gasteiger partial charge in [-0.05, 0) is 17.5 Å². The summed E-state index contributed by atoms with van der Waals surface area (Å²) in [7, 11) is 0. The van der Waals surface area contributed by atoms with E-state index in [2.05, 4.69) is 4.79 Å². The number of rotatable bonds is 5. The SMILES string of the molecule is CCC(C(=O)C=[N+]=[N-])(c1ccccc1)c1ccccc1. The molecule has 0 aromatic heterocycles. The maximum Gasteiger partial charge on any atom is 0.324 e. The number of carbonyl (C=O) groups excluding carboxylic acids is 1. The van der Waals surface area contributed by atoms with Gasteiger partial charge in [0.2, 0.25) is 0 Å². The normalized spacial score (nSPS) is 10.7. The van der Waals surface area contributed by atoms with Crippen molar-refractivity contribution in [1.82, 2.24) is 0 Å². The number of hydrogen-bond acceptors (Lipinski definition) is 1. The molecule has 20 heavy (non-hydrogen) atoms. The Morgan fingerprint density at radius 2 is 1.50 bits per heavy atom. The van der Waals surface area contributed by atoms with Gasteiger partial charge in [-0.25, -0.2) is 0 Å². The van der Waals surface area contributed by atoms with E-state index in [0.29, 0.717) is 6.42 Å². The maximum atomic E-state index is 12.6. The zero-order valence-electron chi connectivity index (χ0n) is 11.4. The van der Waals surface area contributed by atoms with Crippen LogP contribution < -0.4 is 0 Å². The third kappa shape index (κ3) is 2.31. The van der Waals surface area contributed by atoms with E-state index in [1.807, 2.05) is 67.6 Å². The molecule has 2 aromatic carbocycles. The molecule has 100 valence electrons. The highest BCUT2D eigenvalue weighted by molar-refractivity contribution is 6.30. The number of carbonyl (C=O) groups is 1. The fourth-order valence-electron chi connectivity index (χ4n) is 2.64. The summed E-state index contributed by atoms with van der Waals surface area (Å²) >= 11 is 0. The van der Waals surface area contributed by atoms with E-state index in [0.717, 1.165) is 17.3 Å². The van der Waals surface area contributed by atoms with Crippen molar-refractivity contribution in [2.45, 2.75) is 18.8 Å². The Kier molecular flexibility index (Phi) is 4.24. The predicted octanol–water partition coefficient (Wildman–Crippen LogP) is 3.25. The quantitative estimate of drug-likeness (QED) is 0.464. The molecule has 0 fully saturated rings. The van der Waals surface area contributed by atoms with E-state index < -0.39 is 5.41 Å². The second-order valence-electron chi connectivity index (χ2n) is 4.60. The van der Waals surface area contributed by atoms with Crippen molar-refractivity contribution in [3.63, 3.8) is 0 Å². The van der Waals surface area contributed by atoms with Gasteiger partial charge in [-0.1, -0.05) is 67.6 Å². The van der Waals surface area contributed by atoms with Crippen LogP contribution in [0.3, 0.4) is 0 Å². The largest absolute Gasteiger partial charge is 0.361 e. The van der Waals surface area contributed by atoms with E-state index in [4.69, 9.17) is 5.53 Å². The van der Waals surface area contributed by atoms with E-state index in [-0.39, 0.29) is 5.78 Å². The number of benzene rings is 2. The second kappa shape index (κ2) is 6.09. The molecule has 0 heterocycles. The molecule has 0 saturated heterocycles. The van der Waals surface area contributed by atoms with Gasteiger partial charge in [0.15, 0.2) is 0 Å². The highest BCUT2D eigenvalue weighted by atomic mass is 16.1. The summed E-state index contributed by atoms with van der Waals surface area (Å²) < 4.78 is 0. The molecule has 0 bridgehead atoms. The average Bonchev–Trinajstić information content (AvgIpc) is 2.51. The zero-order chi connectivity index (χ0) is 14.4. The van der Waals surface area contributed by atoms with Crippen LogP contribution in [0.2, 0.25) is 0 Å². The first-order chi connectivity index (χ1) is 9.75. The first kappa shape index (κ1) is 13.9. The molecule has 0 aliphatic carbocycles. The summed E-state index contributed by atoms with van der Waals surface area (Å²) in [6.45, 7) is 1.96. The van der Waals surface area contributed by atoms with Crippen LogP contribution in [0.15, 0.2) is 60.7 Å². The van der Waals surface area contributed by atoms with Gasteiger partial charge in [0.05, 0.1) is 5.41 Å². The van der Waals surface area contributed by atoms with Crippen LogP contribution in [0.4, 0.5) is 0 Å². The number of Topliss-reactive ketones (excluding diaryl/α,β-unsaturated/α-hetero) is 1.